The van der Waals surface area contributed by atoms with Crippen LogP contribution in [0.25, 0.3) is 0 Å². The number of urea groups is 1. The maximum absolute atomic E-state index is 12.3. The van der Waals surface area contributed by atoms with E-state index in [-0.39, 0.29) is 49.4 Å². The minimum atomic E-state index is -0.491. The van der Waals surface area contributed by atoms with Crippen LogP contribution in [0.4, 0.5) is 4.79 Å². The van der Waals surface area contributed by atoms with Crippen LogP contribution in [-0.2, 0) is 19.1 Å². The molecule has 160 valence electrons. The Hall–Kier alpha value is -2.12. The van der Waals surface area contributed by atoms with Crippen LogP contribution < -0.4 is 10.6 Å². The van der Waals surface area contributed by atoms with Gasteiger partial charge in [0.05, 0.1) is 6.54 Å². The normalized spacial score (nSPS) is 33.6. The molecule has 0 unspecified atom stereocenters. The molecule has 0 aromatic heterocycles. The molecule has 4 amide bonds. The quantitative estimate of drug-likeness (QED) is 0.471. The maximum atomic E-state index is 12.3. The molecule has 1 aliphatic heterocycles. The fraction of sp³-hybridized carbons (Fsp3) is 0.810. The summed E-state index contributed by atoms with van der Waals surface area (Å²) in [6.45, 7) is 2.00. The molecule has 5 aliphatic rings. The first-order chi connectivity index (χ1) is 13.8. The number of carbonyl (C=O) groups is 4. The molecule has 4 bridgehead atoms. The van der Waals surface area contributed by atoms with Crippen molar-refractivity contribution >= 4 is 23.8 Å². The Morgan fingerprint density at radius 1 is 1.17 bits per heavy atom. The van der Waals surface area contributed by atoms with E-state index in [1.807, 2.05) is 0 Å². The van der Waals surface area contributed by atoms with Crippen molar-refractivity contribution in [2.45, 2.75) is 64.3 Å². The lowest BCUT2D eigenvalue weighted by Gasteiger charge is -2.59. The second kappa shape index (κ2) is 7.95. The summed E-state index contributed by atoms with van der Waals surface area (Å²) >= 11 is 0. The van der Waals surface area contributed by atoms with Gasteiger partial charge in [-0.3, -0.25) is 19.3 Å². The van der Waals surface area contributed by atoms with E-state index in [0.717, 1.165) is 22.7 Å². The number of amides is 4. The number of ether oxygens (including phenoxy) is 1. The minimum absolute atomic E-state index is 0.00532. The Bertz CT molecular complexity index is 655. The topological polar surface area (TPSA) is 105 Å². The largest absolute Gasteiger partial charge is 0.456 e. The van der Waals surface area contributed by atoms with Crippen molar-refractivity contribution in [3.63, 3.8) is 0 Å². The molecule has 0 spiro atoms. The number of hydrogen-bond acceptors (Lipinski definition) is 5. The Morgan fingerprint density at radius 3 is 2.34 bits per heavy atom. The van der Waals surface area contributed by atoms with Crippen molar-refractivity contribution in [1.29, 1.82) is 0 Å². The Morgan fingerprint density at radius 2 is 1.79 bits per heavy atom. The summed E-state index contributed by atoms with van der Waals surface area (Å²) in [4.78, 5) is 48.2. The molecule has 1 heterocycles. The lowest BCUT2D eigenvalue weighted by molar-refractivity contribution is -0.149. The van der Waals surface area contributed by atoms with Gasteiger partial charge in [0.25, 0.3) is 5.91 Å². The fourth-order valence-electron chi connectivity index (χ4n) is 6.43. The highest BCUT2D eigenvalue weighted by molar-refractivity contribution is 6.01. The first-order valence-electron chi connectivity index (χ1n) is 10.9. The van der Waals surface area contributed by atoms with Crippen LogP contribution in [0.1, 0.15) is 58.3 Å². The number of rotatable bonds is 8. The summed E-state index contributed by atoms with van der Waals surface area (Å²) in [6, 6.07) is -0.330. The number of nitrogens with zero attached hydrogens (tertiary/aromatic N) is 1. The van der Waals surface area contributed by atoms with Crippen LogP contribution in [0.15, 0.2) is 0 Å². The third-order valence-electron chi connectivity index (χ3n) is 7.45. The molecule has 0 radical (unpaired) electrons. The number of carbonyl (C=O) groups excluding carboxylic acids is 4. The van der Waals surface area contributed by atoms with Crippen LogP contribution in [0.2, 0.25) is 0 Å². The molecule has 0 aromatic rings. The third-order valence-corrected chi connectivity index (χ3v) is 7.45. The summed E-state index contributed by atoms with van der Waals surface area (Å²) in [5, 5.41) is 5.51. The van der Waals surface area contributed by atoms with E-state index in [2.05, 4.69) is 17.6 Å². The SMILES string of the molecule is C[C@H](NC(=O)COC(=O)CCCN1C(=O)CNC1=O)C12CC3CC(CC(C3)C1)C2. The molecule has 5 rings (SSSR count). The smallest absolute Gasteiger partial charge is 0.324 e. The van der Waals surface area contributed by atoms with Gasteiger partial charge in [0.1, 0.15) is 0 Å². The number of imide groups is 1. The summed E-state index contributed by atoms with van der Waals surface area (Å²) < 4.78 is 5.09. The number of esters is 1. The van der Waals surface area contributed by atoms with Crippen molar-refractivity contribution in [2.24, 2.45) is 23.2 Å². The lowest BCUT2D eigenvalue weighted by Crippen LogP contribution is -2.56. The van der Waals surface area contributed by atoms with Crippen LogP contribution in [0, 0.1) is 23.2 Å². The molecule has 1 atom stereocenters. The first-order valence-corrected chi connectivity index (χ1v) is 10.9. The van der Waals surface area contributed by atoms with E-state index in [0.29, 0.717) is 6.42 Å². The van der Waals surface area contributed by atoms with E-state index in [9.17, 15) is 19.2 Å². The van der Waals surface area contributed by atoms with Crippen LogP contribution >= 0.6 is 0 Å². The zero-order chi connectivity index (χ0) is 20.6. The Kier molecular flexibility index (Phi) is 5.53. The molecule has 8 heteroatoms. The van der Waals surface area contributed by atoms with Crippen molar-refractivity contribution in [3.8, 4) is 0 Å². The second-order valence-electron chi connectivity index (χ2n) is 9.54. The number of hydrogen-bond donors (Lipinski definition) is 2. The van der Waals surface area contributed by atoms with E-state index in [1.54, 1.807) is 0 Å². The van der Waals surface area contributed by atoms with Crippen LogP contribution in [0.5, 0.6) is 0 Å². The van der Waals surface area contributed by atoms with Gasteiger partial charge in [0.2, 0.25) is 5.91 Å². The second-order valence-corrected chi connectivity index (χ2v) is 9.54. The molecular weight excluding hydrogens is 374 g/mol. The highest BCUT2D eigenvalue weighted by Gasteiger charge is 2.53. The molecule has 1 saturated heterocycles. The fourth-order valence-corrected chi connectivity index (χ4v) is 6.43. The molecular formula is C21H31N3O5. The van der Waals surface area contributed by atoms with Crippen LogP contribution in [-0.4, -0.2) is 54.5 Å². The van der Waals surface area contributed by atoms with E-state index >= 15 is 0 Å². The van der Waals surface area contributed by atoms with Gasteiger partial charge in [-0.15, -0.1) is 0 Å². The van der Waals surface area contributed by atoms with Crippen molar-refractivity contribution < 1.29 is 23.9 Å². The summed E-state index contributed by atoms with van der Waals surface area (Å²) in [5.74, 6) is 1.43. The number of nitrogens with one attached hydrogen (secondary N) is 2. The predicted molar refractivity (Wildman–Crippen MR) is 104 cm³/mol. The highest BCUT2D eigenvalue weighted by Crippen LogP contribution is 2.61. The molecule has 2 N–H and O–H groups in total. The third kappa shape index (κ3) is 4.26. The summed E-state index contributed by atoms with van der Waals surface area (Å²) in [5.41, 5.74) is 0.220. The van der Waals surface area contributed by atoms with Crippen molar-refractivity contribution in [2.75, 3.05) is 19.7 Å². The van der Waals surface area contributed by atoms with Crippen molar-refractivity contribution in [1.82, 2.24) is 15.5 Å². The zero-order valence-electron chi connectivity index (χ0n) is 17.1. The minimum Gasteiger partial charge on any atom is -0.456 e. The van der Waals surface area contributed by atoms with Crippen LogP contribution in [0.3, 0.4) is 0 Å². The summed E-state index contributed by atoms with van der Waals surface area (Å²) in [7, 11) is 0. The average molecular weight is 405 g/mol. The Labute approximate surface area is 171 Å². The van der Waals surface area contributed by atoms with E-state index in [1.165, 1.54) is 38.5 Å². The van der Waals surface area contributed by atoms with Crippen molar-refractivity contribution in [3.05, 3.63) is 0 Å². The van der Waals surface area contributed by atoms with Gasteiger partial charge < -0.3 is 15.4 Å². The van der Waals surface area contributed by atoms with E-state index < -0.39 is 12.0 Å². The van der Waals surface area contributed by atoms with Gasteiger partial charge in [-0.05, 0) is 75.0 Å². The van der Waals surface area contributed by atoms with Gasteiger partial charge in [0, 0.05) is 19.0 Å². The first kappa shape index (κ1) is 20.2. The lowest BCUT2D eigenvalue weighted by atomic mass is 9.48. The van der Waals surface area contributed by atoms with E-state index in [4.69, 9.17) is 4.74 Å². The van der Waals surface area contributed by atoms with Gasteiger partial charge in [-0.25, -0.2) is 4.79 Å². The highest BCUT2D eigenvalue weighted by atomic mass is 16.5. The molecule has 29 heavy (non-hydrogen) atoms. The zero-order valence-corrected chi connectivity index (χ0v) is 17.1. The van der Waals surface area contributed by atoms with Gasteiger partial charge in [0.15, 0.2) is 6.61 Å². The Balaban J connectivity index is 1.17. The maximum Gasteiger partial charge on any atom is 0.324 e. The molecule has 5 fully saturated rings. The standard InChI is InChI=1S/C21H31N3O5/c1-13(21-8-14-5-15(9-21)7-16(6-14)10-21)23-17(25)12-29-19(27)3-2-4-24-18(26)11-22-20(24)28/h13-16H,2-12H2,1H3,(H,22,28)(H,23,25)/t13-,14?,15?,16?,21?/m0/s1. The van der Waals surface area contributed by atoms with Gasteiger partial charge in [-0.2, -0.15) is 0 Å². The summed E-state index contributed by atoms with van der Waals surface area (Å²) in [6.07, 6.45) is 8.11. The monoisotopic (exact) mass is 405 g/mol. The molecule has 8 nitrogen and oxygen atoms in total. The van der Waals surface area contributed by atoms with Gasteiger partial charge in [-0.1, -0.05) is 0 Å². The molecule has 0 aromatic carbocycles. The average Bonchev–Trinajstić information content (AvgIpc) is 2.97. The molecule has 4 aliphatic carbocycles. The van der Waals surface area contributed by atoms with Gasteiger partial charge >= 0.3 is 12.0 Å². The predicted octanol–water partition coefficient (Wildman–Crippen LogP) is 1.58. The molecule has 4 saturated carbocycles.